The van der Waals surface area contributed by atoms with Crippen LogP contribution in [0.15, 0.2) is 29.2 Å². The van der Waals surface area contributed by atoms with Gasteiger partial charge in [-0.1, -0.05) is 30.5 Å². The number of methoxy groups -OCH3 is 1. The first-order valence-electron chi connectivity index (χ1n) is 7.16. The Morgan fingerprint density at radius 3 is 2.52 bits per heavy atom. The average molecular weight is 361 g/mol. The third kappa shape index (κ3) is 7.21. The number of nitrogens with one attached hydrogen (secondary N) is 2. The predicted molar refractivity (Wildman–Crippen MR) is 92.0 cm³/mol. The van der Waals surface area contributed by atoms with Gasteiger partial charge in [-0.25, -0.2) is 17.9 Å². The fourth-order valence-electron chi connectivity index (χ4n) is 1.69. The smallest absolute Gasteiger partial charge is 0.327 e. The van der Waals surface area contributed by atoms with E-state index in [0.717, 1.165) is 9.87 Å². The fourth-order valence-corrected chi connectivity index (χ4v) is 2.88. The van der Waals surface area contributed by atoms with Gasteiger partial charge in [0.1, 0.15) is 0 Å². The van der Waals surface area contributed by atoms with Gasteiger partial charge >= 0.3 is 6.03 Å². The van der Waals surface area contributed by atoms with Crippen LogP contribution in [0.3, 0.4) is 0 Å². The number of hydrogen-bond acceptors (Lipinski definition) is 5. The molecule has 1 aromatic carbocycles. The van der Waals surface area contributed by atoms with Crippen molar-refractivity contribution in [2.45, 2.75) is 18.2 Å². The van der Waals surface area contributed by atoms with Crippen LogP contribution in [0.4, 0.5) is 4.79 Å². The highest BCUT2D eigenvalue weighted by Crippen LogP contribution is 2.09. The van der Waals surface area contributed by atoms with E-state index in [2.05, 4.69) is 22.9 Å². The van der Waals surface area contributed by atoms with Crippen LogP contribution in [0.2, 0.25) is 0 Å². The number of carbonyl (C=O) groups is 1. The van der Waals surface area contributed by atoms with Gasteiger partial charge < -0.3 is 10.1 Å². The number of urea groups is 1. The maximum absolute atomic E-state index is 12.1. The van der Waals surface area contributed by atoms with Crippen LogP contribution in [0.5, 0.6) is 0 Å². The molecule has 0 bridgehead atoms. The lowest BCUT2D eigenvalue weighted by molar-refractivity contribution is 0.192. The molecular weight excluding hydrogens is 338 g/mol. The van der Waals surface area contributed by atoms with Crippen LogP contribution in [-0.4, -0.2) is 52.1 Å². The average Bonchev–Trinajstić information content (AvgIpc) is 2.51. The minimum absolute atomic E-state index is 0.0746. The van der Waals surface area contributed by atoms with Crippen LogP contribution >= 0.6 is 12.8 Å². The second kappa shape index (κ2) is 9.76. The number of nitrogens with zero attached hydrogens (tertiary/aromatic N) is 1. The predicted octanol–water partition coefficient (Wildman–Crippen LogP) is 1.17. The lowest BCUT2D eigenvalue weighted by Gasteiger charge is -2.16. The highest BCUT2D eigenvalue weighted by molar-refractivity contribution is 7.89. The van der Waals surface area contributed by atoms with Crippen LogP contribution in [0, 0.1) is 6.92 Å². The van der Waals surface area contributed by atoms with Gasteiger partial charge in [0, 0.05) is 33.4 Å². The Morgan fingerprint density at radius 2 is 1.91 bits per heavy atom. The van der Waals surface area contributed by atoms with Crippen LogP contribution in [0.25, 0.3) is 0 Å². The Balaban J connectivity index is 2.37. The summed E-state index contributed by atoms with van der Waals surface area (Å²) < 4.78 is 32.6. The summed E-state index contributed by atoms with van der Waals surface area (Å²) in [6.45, 7) is 3.13. The summed E-state index contributed by atoms with van der Waals surface area (Å²) in [6.07, 6.45) is 0.698. The number of hydrogen-bond donors (Lipinski definition) is 3. The molecule has 0 radical (unpaired) electrons. The quantitative estimate of drug-likeness (QED) is 0.455. The molecule has 0 saturated carbocycles. The molecule has 2 amide bonds. The minimum atomic E-state index is -3.58. The maximum Gasteiger partial charge on any atom is 0.327 e. The number of carbonyl (C=O) groups excluding carboxylic acids is 1. The zero-order valence-electron chi connectivity index (χ0n) is 13.3. The molecule has 1 rings (SSSR count). The van der Waals surface area contributed by atoms with E-state index in [1.165, 1.54) is 0 Å². The molecule has 0 atom stereocenters. The number of ether oxygens (including phenoxy) is 1. The van der Waals surface area contributed by atoms with Crippen molar-refractivity contribution in [3.63, 3.8) is 0 Å². The van der Waals surface area contributed by atoms with E-state index < -0.39 is 10.0 Å². The lowest BCUT2D eigenvalue weighted by Crippen LogP contribution is -2.39. The number of rotatable bonds is 9. The summed E-state index contributed by atoms with van der Waals surface area (Å²) in [4.78, 5) is 11.9. The number of thiol groups is 1. The van der Waals surface area contributed by atoms with Crippen molar-refractivity contribution in [2.75, 3.05) is 33.4 Å². The summed E-state index contributed by atoms with van der Waals surface area (Å²) in [5.41, 5.74) is 0.982. The fraction of sp³-hybridized carbons (Fsp3) is 0.500. The van der Waals surface area contributed by atoms with E-state index in [0.29, 0.717) is 19.6 Å². The van der Waals surface area contributed by atoms with Gasteiger partial charge in [0.25, 0.3) is 0 Å². The van der Waals surface area contributed by atoms with Crippen molar-refractivity contribution in [3.05, 3.63) is 29.8 Å². The summed E-state index contributed by atoms with van der Waals surface area (Å²) in [5.74, 6) is 0. The monoisotopic (exact) mass is 361 g/mol. The summed E-state index contributed by atoms with van der Waals surface area (Å²) >= 11 is 4.04. The first-order valence-corrected chi connectivity index (χ1v) is 9.04. The first kappa shape index (κ1) is 19.8. The van der Waals surface area contributed by atoms with Gasteiger partial charge in [0.05, 0.1) is 4.90 Å². The molecule has 130 valence electrons. The standard InChI is InChI=1S/C14H23N3O4S2/c1-12-4-6-13(7-5-12)23(19,20)16-9-10-17(22)14(18)15-8-3-11-21-2/h4-7,16,22H,3,8-11H2,1-2H3,(H,15,18). The van der Waals surface area contributed by atoms with Crippen molar-refractivity contribution in [3.8, 4) is 0 Å². The largest absolute Gasteiger partial charge is 0.385 e. The van der Waals surface area contributed by atoms with Gasteiger partial charge in [-0.05, 0) is 25.5 Å². The molecule has 0 aliphatic heterocycles. The van der Waals surface area contributed by atoms with Gasteiger partial charge in [0.2, 0.25) is 10.0 Å². The molecule has 0 aliphatic carbocycles. The second-order valence-electron chi connectivity index (χ2n) is 4.91. The third-order valence-corrected chi connectivity index (χ3v) is 4.84. The highest BCUT2D eigenvalue weighted by Gasteiger charge is 2.14. The van der Waals surface area contributed by atoms with Crippen molar-refractivity contribution in [2.24, 2.45) is 0 Å². The highest BCUT2D eigenvalue weighted by atomic mass is 32.2. The molecule has 1 aromatic rings. The minimum Gasteiger partial charge on any atom is -0.385 e. The zero-order valence-corrected chi connectivity index (χ0v) is 15.0. The van der Waals surface area contributed by atoms with Crippen molar-refractivity contribution in [1.29, 1.82) is 0 Å². The molecule has 0 saturated heterocycles. The second-order valence-corrected chi connectivity index (χ2v) is 7.16. The molecule has 7 nitrogen and oxygen atoms in total. The number of benzene rings is 1. The van der Waals surface area contributed by atoms with Gasteiger partial charge in [0.15, 0.2) is 0 Å². The molecule has 0 aromatic heterocycles. The Kier molecular flexibility index (Phi) is 8.38. The van der Waals surface area contributed by atoms with E-state index in [1.54, 1.807) is 31.4 Å². The molecule has 0 spiro atoms. The normalized spacial score (nSPS) is 11.3. The molecule has 9 heteroatoms. The Morgan fingerprint density at radius 1 is 1.26 bits per heavy atom. The molecule has 0 fully saturated rings. The molecule has 2 N–H and O–H groups in total. The van der Waals surface area contributed by atoms with E-state index in [1.807, 2.05) is 6.92 Å². The van der Waals surface area contributed by atoms with Gasteiger partial charge in [-0.3, -0.25) is 4.31 Å². The van der Waals surface area contributed by atoms with Crippen molar-refractivity contribution < 1.29 is 17.9 Å². The van der Waals surface area contributed by atoms with E-state index in [-0.39, 0.29) is 24.0 Å². The third-order valence-electron chi connectivity index (χ3n) is 2.98. The summed E-state index contributed by atoms with van der Waals surface area (Å²) in [6, 6.07) is 6.16. The zero-order chi connectivity index (χ0) is 17.3. The van der Waals surface area contributed by atoms with Crippen LogP contribution in [0.1, 0.15) is 12.0 Å². The lowest BCUT2D eigenvalue weighted by atomic mass is 10.2. The summed E-state index contributed by atoms with van der Waals surface area (Å²) in [5, 5.41) is 2.66. The molecule has 0 heterocycles. The molecule has 0 unspecified atom stereocenters. The van der Waals surface area contributed by atoms with Gasteiger partial charge in [-0.15, -0.1) is 0 Å². The van der Waals surface area contributed by atoms with Crippen molar-refractivity contribution >= 4 is 28.9 Å². The maximum atomic E-state index is 12.1. The Hall–Kier alpha value is -1.29. The first-order chi connectivity index (χ1) is 10.9. The van der Waals surface area contributed by atoms with E-state index >= 15 is 0 Å². The van der Waals surface area contributed by atoms with Crippen LogP contribution in [-0.2, 0) is 14.8 Å². The summed E-state index contributed by atoms with van der Waals surface area (Å²) in [7, 11) is -1.99. The SMILES string of the molecule is COCCCNC(=O)N(S)CCNS(=O)(=O)c1ccc(C)cc1. The van der Waals surface area contributed by atoms with Crippen molar-refractivity contribution in [1.82, 2.24) is 14.3 Å². The number of aryl methyl sites for hydroxylation is 1. The number of sulfonamides is 1. The molecular formula is C14H23N3O4S2. The van der Waals surface area contributed by atoms with E-state index in [9.17, 15) is 13.2 Å². The van der Waals surface area contributed by atoms with Crippen LogP contribution < -0.4 is 10.0 Å². The topological polar surface area (TPSA) is 87.7 Å². The molecule has 23 heavy (non-hydrogen) atoms. The Bertz CT molecular complexity index is 591. The van der Waals surface area contributed by atoms with Gasteiger partial charge in [-0.2, -0.15) is 0 Å². The van der Waals surface area contributed by atoms with E-state index in [4.69, 9.17) is 4.74 Å². The molecule has 0 aliphatic rings. The Labute approximate surface area is 143 Å². The number of amides is 2.